The van der Waals surface area contributed by atoms with Crippen LogP contribution in [0.15, 0.2) is 55.0 Å². The number of aryl methyl sites for hydroxylation is 1. The minimum absolute atomic E-state index is 0.173. The first-order chi connectivity index (χ1) is 12.2. The number of aromatic amines is 1. The number of hydrogen-bond donors (Lipinski definition) is 2. The van der Waals surface area contributed by atoms with E-state index < -0.39 is 0 Å². The highest BCUT2D eigenvalue weighted by molar-refractivity contribution is 6.04. The van der Waals surface area contributed by atoms with E-state index in [4.69, 9.17) is 0 Å². The fraction of sp³-hybridized carbons (Fsp3) is 0.111. The van der Waals surface area contributed by atoms with Crippen molar-refractivity contribution in [2.45, 2.75) is 13.5 Å². The van der Waals surface area contributed by atoms with Crippen LogP contribution in [0.2, 0.25) is 0 Å². The van der Waals surface area contributed by atoms with Crippen molar-refractivity contribution >= 4 is 22.6 Å². The van der Waals surface area contributed by atoms with Crippen LogP contribution in [0.4, 0.5) is 5.69 Å². The number of amides is 1. The Kier molecular flexibility index (Phi) is 3.74. The summed E-state index contributed by atoms with van der Waals surface area (Å²) in [6.45, 7) is 2.59. The highest BCUT2D eigenvalue weighted by Gasteiger charge is 2.09. The van der Waals surface area contributed by atoms with Gasteiger partial charge in [0.15, 0.2) is 5.65 Å². The SMILES string of the molecule is Cc1[nH]nc2ncc(NC(=O)c3ccc(Cn4cccn4)cc3)cc12. The lowest BCUT2D eigenvalue weighted by Gasteiger charge is -2.07. The average Bonchev–Trinajstić information content (AvgIpc) is 3.26. The Morgan fingerprint density at radius 1 is 1.28 bits per heavy atom. The largest absolute Gasteiger partial charge is 0.321 e. The molecule has 1 aromatic carbocycles. The van der Waals surface area contributed by atoms with Crippen LogP contribution in [0.3, 0.4) is 0 Å². The molecule has 0 aliphatic heterocycles. The van der Waals surface area contributed by atoms with Gasteiger partial charge in [-0.3, -0.25) is 14.6 Å². The van der Waals surface area contributed by atoms with Crippen LogP contribution in [0.25, 0.3) is 11.0 Å². The molecule has 0 saturated heterocycles. The Morgan fingerprint density at radius 3 is 2.88 bits per heavy atom. The van der Waals surface area contributed by atoms with Crippen molar-refractivity contribution in [1.29, 1.82) is 0 Å². The lowest BCUT2D eigenvalue weighted by Crippen LogP contribution is -2.12. The Hall–Kier alpha value is -3.48. The number of nitrogens with one attached hydrogen (secondary N) is 2. The number of anilines is 1. The van der Waals surface area contributed by atoms with Gasteiger partial charge >= 0.3 is 0 Å². The number of pyridine rings is 1. The predicted molar refractivity (Wildman–Crippen MR) is 94.3 cm³/mol. The molecule has 25 heavy (non-hydrogen) atoms. The van der Waals surface area contributed by atoms with E-state index in [2.05, 4.69) is 25.6 Å². The number of hydrogen-bond acceptors (Lipinski definition) is 4. The summed E-state index contributed by atoms with van der Waals surface area (Å²) in [4.78, 5) is 16.7. The highest BCUT2D eigenvalue weighted by atomic mass is 16.1. The molecule has 0 unspecified atom stereocenters. The second kappa shape index (κ2) is 6.20. The van der Waals surface area contributed by atoms with E-state index in [-0.39, 0.29) is 5.91 Å². The summed E-state index contributed by atoms with van der Waals surface area (Å²) in [5.74, 6) is -0.173. The van der Waals surface area contributed by atoms with Gasteiger partial charge in [0.25, 0.3) is 5.91 Å². The lowest BCUT2D eigenvalue weighted by atomic mass is 10.1. The van der Waals surface area contributed by atoms with Crippen LogP contribution in [0, 0.1) is 6.92 Å². The van der Waals surface area contributed by atoms with Gasteiger partial charge in [-0.15, -0.1) is 0 Å². The number of carbonyl (C=O) groups excluding carboxylic acids is 1. The van der Waals surface area contributed by atoms with E-state index in [1.54, 1.807) is 12.4 Å². The number of H-pyrrole nitrogens is 1. The molecule has 1 amide bonds. The molecule has 0 aliphatic rings. The molecule has 0 aliphatic carbocycles. The van der Waals surface area contributed by atoms with Gasteiger partial charge in [-0.2, -0.15) is 10.2 Å². The third kappa shape index (κ3) is 3.12. The third-order valence-corrected chi connectivity index (χ3v) is 3.98. The smallest absolute Gasteiger partial charge is 0.255 e. The summed E-state index contributed by atoms with van der Waals surface area (Å²) in [6, 6.07) is 11.2. The zero-order valence-corrected chi connectivity index (χ0v) is 13.6. The molecule has 3 aromatic heterocycles. The number of carbonyl (C=O) groups is 1. The van der Waals surface area contributed by atoms with Gasteiger partial charge in [-0.1, -0.05) is 12.1 Å². The summed E-state index contributed by atoms with van der Waals surface area (Å²) < 4.78 is 1.84. The second-order valence-electron chi connectivity index (χ2n) is 5.80. The van der Waals surface area contributed by atoms with Crippen molar-refractivity contribution in [3.05, 3.63) is 71.8 Å². The first kappa shape index (κ1) is 15.1. The van der Waals surface area contributed by atoms with E-state index in [0.29, 0.717) is 23.4 Å². The molecule has 0 bridgehead atoms. The minimum atomic E-state index is -0.173. The van der Waals surface area contributed by atoms with Crippen LogP contribution < -0.4 is 5.32 Å². The summed E-state index contributed by atoms with van der Waals surface area (Å²) in [6.07, 6.45) is 5.25. The van der Waals surface area contributed by atoms with E-state index in [9.17, 15) is 4.79 Å². The molecule has 0 radical (unpaired) electrons. The maximum atomic E-state index is 12.4. The molecule has 0 fully saturated rings. The minimum Gasteiger partial charge on any atom is -0.321 e. The zero-order valence-electron chi connectivity index (χ0n) is 13.6. The average molecular weight is 332 g/mol. The summed E-state index contributed by atoms with van der Waals surface area (Å²) >= 11 is 0. The zero-order chi connectivity index (χ0) is 17.2. The van der Waals surface area contributed by atoms with Gasteiger partial charge in [0.1, 0.15) is 0 Å². The first-order valence-electron chi connectivity index (χ1n) is 7.87. The number of benzene rings is 1. The van der Waals surface area contributed by atoms with Gasteiger partial charge < -0.3 is 5.32 Å². The molecule has 7 heteroatoms. The number of fused-ring (bicyclic) bond motifs is 1. The van der Waals surface area contributed by atoms with Gasteiger partial charge in [-0.05, 0) is 36.8 Å². The second-order valence-corrected chi connectivity index (χ2v) is 5.80. The number of aromatic nitrogens is 5. The third-order valence-electron chi connectivity index (χ3n) is 3.98. The molecule has 0 atom stereocenters. The van der Waals surface area contributed by atoms with Gasteiger partial charge in [-0.25, -0.2) is 4.98 Å². The maximum absolute atomic E-state index is 12.4. The molecule has 7 nitrogen and oxygen atoms in total. The molecule has 2 N–H and O–H groups in total. The van der Waals surface area contributed by atoms with Crippen molar-refractivity contribution in [3.63, 3.8) is 0 Å². The van der Waals surface area contributed by atoms with Crippen LogP contribution in [-0.2, 0) is 6.54 Å². The van der Waals surface area contributed by atoms with E-state index in [0.717, 1.165) is 16.6 Å². The van der Waals surface area contributed by atoms with Crippen LogP contribution in [0.1, 0.15) is 21.6 Å². The number of rotatable bonds is 4. The van der Waals surface area contributed by atoms with Crippen molar-refractivity contribution in [1.82, 2.24) is 25.0 Å². The quantitative estimate of drug-likeness (QED) is 0.601. The Bertz CT molecular complexity index is 1020. The predicted octanol–water partition coefficient (Wildman–Crippen LogP) is 2.76. The monoisotopic (exact) mass is 332 g/mol. The number of nitrogens with zero attached hydrogens (tertiary/aromatic N) is 4. The van der Waals surface area contributed by atoms with Gasteiger partial charge in [0.2, 0.25) is 0 Å². The van der Waals surface area contributed by atoms with Gasteiger partial charge in [0, 0.05) is 29.0 Å². The molecule has 124 valence electrons. The fourth-order valence-corrected chi connectivity index (χ4v) is 2.63. The standard InChI is InChI=1S/C18H16N6O/c1-12-16-9-15(10-19-17(16)23-22-12)21-18(25)14-5-3-13(4-6-14)11-24-8-2-7-20-24/h2-10H,11H2,1H3,(H,21,25)(H,19,22,23). The van der Waals surface area contributed by atoms with Gasteiger partial charge in [0.05, 0.1) is 18.4 Å². The van der Waals surface area contributed by atoms with Crippen LogP contribution >= 0.6 is 0 Å². The molecule has 4 aromatic rings. The van der Waals surface area contributed by atoms with Crippen molar-refractivity contribution in [3.8, 4) is 0 Å². The van der Waals surface area contributed by atoms with Crippen LogP contribution in [0.5, 0.6) is 0 Å². The lowest BCUT2D eigenvalue weighted by molar-refractivity contribution is 0.102. The topological polar surface area (TPSA) is 88.5 Å². The normalized spacial score (nSPS) is 10.9. The van der Waals surface area contributed by atoms with E-state index in [1.165, 1.54) is 0 Å². The summed E-state index contributed by atoms with van der Waals surface area (Å²) in [5, 5.41) is 14.9. The van der Waals surface area contributed by atoms with Crippen molar-refractivity contribution in [2.24, 2.45) is 0 Å². The summed E-state index contributed by atoms with van der Waals surface area (Å²) in [7, 11) is 0. The maximum Gasteiger partial charge on any atom is 0.255 e. The molecule has 0 spiro atoms. The Morgan fingerprint density at radius 2 is 2.12 bits per heavy atom. The molecular formula is C18H16N6O. The Labute approximate surface area is 143 Å². The molecule has 3 heterocycles. The van der Waals surface area contributed by atoms with Crippen molar-refractivity contribution in [2.75, 3.05) is 5.32 Å². The molecule has 0 saturated carbocycles. The van der Waals surface area contributed by atoms with Crippen molar-refractivity contribution < 1.29 is 4.79 Å². The summed E-state index contributed by atoms with van der Waals surface area (Å²) in [5.41, 5.74) is 3.87. The van der Waals surface area contributed by atoms with E-state index in [1.807, 2.05) is 54.2 Å². The molecule has 4 rings (SSSR count). The van der Waals surface area contributed by atoms with E-state index >= 15 is 0 Å². The fourth-order valence-electron chi connectivity index (χ4n) is 2.63. The Balaban J connectivity index is 1.49. The van der Waals surface area contributed by atoms with Crippen LogP contribution in [-0.4, -0.2) is 30.9 Å². The first-order valence-corrected chi connectivity index (χ1v) is 7.87. The molecular weight excluding hydrogens is 316 g/mol. The highest BCUT2D eigenvalue weighted by Crippen LogP contribution is 2.18.